The van der Waals surface area contributed by atoms with Crippen LogP contribution in [0.2, 0.25) is 0 Å². The zero-order valence-electron chi connectivity index (χ0n) is 7.49. The number of carbonyl (C=O) groups is 1. The molecule has 0 aliphatic heterocycles. The highest BCUT2D eigenvalue weighted by Gasteiger charge is 2.14. The van der Waals surface area contributed by atoms with Crippen LogP contribution in [0.4, 0.5) is 5.69 Å². The van der Waals surface area contributed by atoms with Gasteiger partial charge in [0.2, 0.25) is 0 Å². The first-order valence-electron chi connectivity index (χ1n) is 3.88. The van der Waals surface area contributed by atoms with E-state index in [1.165, 1.54) is 0 Å². The van der Waals surface area contributed by atoms with E-state index in [-0.39, 0.29) is 16.9 Å². The van der Waals surface area contributed by atoms with Crippen LogP contribution in [-0.4, -0.2) is 25.4 Å². The summed E-state index contributed by atoms with van der Waals surface area (Å²) in [6.07, 6.45) is 0.275. The average Bonchev–Trinajstić information content (AvgIpc) is 2.18. The summed E-state index contributed by atoms with van der Waals surface area (Å²) in [4.78, 5) is 19.6. The molecule has 0 fully saturated rings. The Labute approximate surface area is 85.6 Å². The van der Waals surface area contributed by atoms with Gasteiger partial charge in [-0.15, -0.1) is 0 Å². The molecular weight excluding hydrogens is 222 g/mol. The molecule has 1 rings (SSSR count). The van der Waals surface area contributed by atoms with Gasteiger partial charge in [-0.05, 0) is 12.1 Å². The Kier molecular flexibility index (Phi) is 3.15. The molecule has 0 aliphatic carbocycles. The van der Waals surface area contributed by atoms with Crippen molar-refractivity contribution < 1.29 is 18.1 Å². The number of rotatable bonds is 4. The highest BCUT2D eigenvalue weighted by molar-refractivity contribution is 7.92. The van der Waals surface area contributed by atoms with E-state index < -0.39 is 20.5 Å². The quantitative estimate of drug-likeness (QED) is 0.427. The molecule has 0 aliphatic rings. The van der Waals surface area contributed by atoms with Crippen molar-refractivity contribution in [2.75, 3.05) is 5.75 Å². The lowest BCUT2D eigenvalue weighted by Crippen LogP contribution is -2.07. The lowest BCUT2D eigenvalue weighted by molar-refractivity contribution is -0.384. The van der Waals surface area contributed by atoms with E-state index in [9.17, 15) is 23.3 Å². The molecule has 0 N–H and O–H groups in total. The molecule has 0 bridgehead atoms. The maximum atomic E-state index is 11.3. The highest BCUT2D eigenvalue weighted by atomic mass is 32.2. The number of nitro benzene ring substituents is 1. The van der Waals surface area contributed by atoms with Crippen molar-refractivity contribution in [3.63, 3.8) is 0 Å². The summed E-state index contributed by atoms with van der Waals surface area (Å²) in [6, 6.07) is 4.38. The molecule has 0 spiro atoms. The summed E-state index contributed by atoms with van der Waals surface area (Å²) in [5, 5.41) is 10.3. The smallest absolute Gasteiger partial charge is 0.269 e. The minimum Gasteiger partial charge on any atom is -0.302 e. The molecule has 0 radical (unpaired) electrons. The Bertz CT molecular complexity index is 476. The predicted octanol–water partition coefficient (Wildman–Crippen LogP) is 0.567. The van der Waals surface area contributed by atoms with Gasteiger partial charge in [-0.25, -0.2) is 8.42 Å². The van der Waals surface area contributed by atoms with Gasteiger partial charge >= 0.3 is 0 Å². The molecule has 0 atom stereocenters. The van der Waals surface area contributed by atoms with Gasteiger partial charge in [-0.2, -0.15) is 0 Å². The van der Waals surface area contributed by atoms with Crippen LogP contribution in [0.25, 0.3) is 0 Å². The standard InChI is InChI=1S/C8H7NO5S/c10-5-6-15(13,14)8-3-1-7(2-4-8)9(11)12/h1-5H,6H2. The molecule has 15 heavy (non-hydrogen) atoms. The van der Waals surface area contributed by atoms with Crippen molar-refractivity contribution in [3.05, 3.63) is 34.4 Å². The van der Waals surface area contributed by atoms with Crippen LogP contribution in [0.5, 0.6) is 0 Å². The number of sulfone groups is 1. The van der Waals surface area contributed by atoms with E-state index in [4.69, 9.17) is 0 Å². The zero-order valence-corrected chi connectivity index (χ0v) is 8.31. The largest absolute Gasteiger partial charge is 0.302 e. The van der Waals surface area contributed by atoms with E-state index in [0.717, 1.165) is 24.3 Å². The molecule has 0 unspecified atom stereocenters. The van der Waals surface area contributed by atoms with Gasteiger partial charge in [-0.3, -0.25) is 10.1 Å². The van der Waals surface area contributed by atoms with Gasteiger partial charge in [0.15, 0.2) is 9.84 Å². The summed E-state index contributed by atoms with van der Waals surface area (Å²) >= 11 is 0. The van der Waals surface area contributed by atoms with Crippen molar-refractivity contribution in [3.8, 4) is 0 Å². The molecule has 0 heterocycles. The Morgan fingerprint density at radius 2 is 1.80 bits per heavy atom. The van der Waals surface area contributed by atoms with Gasteiger partial charge in [0, 0.05) is 12.1 Å². The third-order valence-electron chi connectivity index (χ3n) is 1.69. The van der Waals surface area contributed by atoms with E-state index in [1.54, 1.807) is 0 Å². The van der Waals surface area contributed by atoms with Crippen molar-refractivity contribution in [1.82, 2.24) is 0 Å². The van der Waals surface area contributed by atoms with Crippen molar-refractivity contribution in [2.24, 2.45) is 0 Å². The molecule has 1 aromatic carbocycles. The zero-order chi connectivity index (χ0) is 11.5. The van der Waals surface area contributed by atoms with E-state index in [0.29, 0.717) is 0 Å². The molecule has 7 heteroatoms. The summed E-state index contributed by atoms with van der Waals surface area (Å²) in [5.74, 6) is -0.620. The van der Waals surface area contributed by atoms with Gasteiger partial charge in [0.25, 0.3) is 5.69 Å². The number of benzene rings is 1. The Hall–Kier alpha value is -1.76. The van der Waals surface area contributed by atoms with Crippen molar-refractivity contribution >= 4 is 21.8 Å². The number of carbonyl (C=O) groups excluding carboxylic acids is 1. The van der Waals surface area contributed by atoms with E-state index >= 15 is 0 Å². The maximum absolute atomic E-state index is 11.3. The third-order valence-corrected chi connectivity index (χ3v) is 3.26. The number of nitro groups is 1. The SMILES string of the molecule is O=CCS(=O)(=O)c1ccc([N+](=O)[O-])cc1. The lowest BCUT2D eigenvalue weighted by Gasteiger charge is -1.99. The Morgan fingerprint density at radius 1 is 1.27 bits per heavy atom. The van der Waals surface area contributed by atoms with Crippen LogP contribution in [-0.2, 0) is 14.6 Å². The molecule has 1 aromatic rings. The normalized spacial score (nSPS) is 10.9. The topological polar surface area (TPSA) is 94.3 Å². The predicted molar refractivity (Wildman–Crippen MR) is 51.2 cm³/mol. The fourth-order valence-electron chi connectivity index (χ4n) is 0.961. The highest BCUT2D eigenvalue weighted by Crippen LogP contribution is 2.16. The molecule has 0 saturated carbocycles. The van der Waals surface area contributed by atoms with Gasteiger partial charge in [0.05, 0.1) is 9.82 Å². The molecule has 80 valence electrons. The summed E-state index contributed by atoms with van der Waals surface area (Å²) in [6.45, 7) is 0. The van der Waals surface area contributed by atoms with Crippen molar-refractivity contribution in [2.45, 2.75) is 4.90 Å². The Balaban J connectivity index is 3.09. The van der Waals surface area contributed by atoms with Crippen LogP contribution >= 0.6 is 0 Å². The number of aldehydes is 1. The second kappa shape index (κ2) is 4.18. The van der Waals surface area contributed by atoms with Crippen LogP contribution in [0.1, 0.15) is 0 Å². The molecule has 0 aromatic heterocycles. The average molecular weight is 229 g/mol. The first-order valence-corrected chi connectivity index (χ1v) is 5.53. The summed E-state index contributed by atoms with van der Waals surface area (Å²) in [7, 11) is -3.64. The Morgan fingerprint density at radius 3 is 2.20 bits per heavy atom. The fourth-order valence-corrected chi connectivity index (χ4v) is 1.88. The first-order chi connectivity index (χ1) is 6.97. The van der Waals surface area contributed by atoms with Crippen LogP contribution < -0.4 is 0 Å². The van der Waals surface area contributed by atoms with Gasteiger partial charge in [0.1, 0.15) is 12.0 Å². The van der Waals surface area contributed by atoms with Crippen LogP contribution in [0.3, 0.4) is 0 Å². The molecule has 0 amide bonds. The molecule has 6 nitrogen and oxygen atoms in total. The number of hydrogen-bond acceptors (Lipinski definition) is 5. The van der Waals surface area contributed by atoms with E-state index in [2.05, 4.69) is 0 Å². The third kappa shape index (κ3) is 2.59. The number of nitrogens with zero attached hydrogens (tertiary/aromatic N) is 1. The second-order valence-electron chi connectivity index (χ2n) is 2.70. The minimum atomic E-state index is -3.64. The maximum Gasteiger partial charge on any atom is 0.269 e. The first kappa shape index (κ1) is 11.3. The fraction of sp³-hybridized carbons (Fsp3) is 0.125. The van der Waals surface area contributed by atoms with Gasteiger partial charge in [-0.1, -0.05) is 0 Å². The monoisotopic (exact) mass is 229 g/mol. The molecule has 0 saturated heterocycles. The minimum absolute atomic E-state index is 0.0970. The summed E-state index contributed by atoms with van der Waals surface area (Å²) in [5.41, 5.74) is -0.194. The van der Waals surface area contributed by atoms with Crippen LogP contribution in [0.15, 0.2) is 29.2 Å². The van der Waals surface area contributed by atoms with Crippen LogP contribution in [0, 0.1) is 10.1 Å². The van der Waals surface area contributed by atoms with Gasteiger partial charge < -0.3 is 4.79 Å². The summed E-state index contributed by atoms with van der Waals surface area (Å²) < 4.78 is 22.6. The van der Waals surface area contributed by atoms with E-state index in [1.807, 2.05) is 0 Å². The lowest BCUT2D eigenvalue weighted by atomic mass is 10.3. The molecular formula is C8H7NO5S. The number of hydrogen-bond donors (Lipinski definition) is 0. The van der Waals surface area contributed by atoms with Crippen molar-refractivity contribution in [1.29, 1.82) is 0 Å². The second-order valence-corrected chi connectivity index (χ2v) is 4.73. The number of non-ortho nitro benzene ring substituents is 1.